The number of hydrogen-bond donors (Lipinski definition) is 2. The highest BCUT2D eigenvalue weighted by atomic mass is 15.2. The van der Waals surface area contributed by atoms with E-state index in [2.05, 4.69) is 16.8 Å². The molecule has 1 saturated carbocycles. The summed E-state index contributed by atoms with van der Waals surface area (Å²) >= 11 is 0. The lowest BCUT2D eigenvalue weighted by Gasteiger charge is -2.35. The van der Waals surface area contributed by atoms with E-state index >= 15 is 0 Å². The quantitative estimate of drug-likeness (QED) is 0.633. The van der Waals surface area contributed by atoms with Gasteiger partial charge in [0, 0.05) is 18.8 Å². The molecule has 3 N–H and O–H groups in total. The second-order valence-corrected chi connectivity index (χ2v) is 4.87. The highest BCUT2D eigenvalue weighted by Crippen LogP contribution is 2.27. The predicted molar refractivity (Wildman–Crippen MR) is 75.1 cm³/mol. The lowest BCUT2D eigenvalue weighted by atomic mass is 9.94. The third-order valence-corrected chi connectivity index (χ3v) is 3.71. The molecule has 0 radical (unpaired) electrons. The molecule has 0 aromatic carbocycles. The average Bonchev–Trinajstić information content (AvgIpc) is 2.41. The Labute approximate surface area is 109 Å². The molecule has 1 aromatic rings. The number of hydrogen-bond acceptors (Lipinski definition) is 3. The molecule has 0 saturated heterocycles. The van der Waals surface area contributed by atoms with Gasteiger partial charge in [-0.2, -0.15) is 0 Å². The van der Waals surface area contributed by atoms with Gasteiger partial charge >= 0.3 is 0 Å². The largest absolute Gasteiger partial charge is 0.384 e. The Morgan fingerprint density at radius 3 is 2.78 bits per heavy atom. The molecular weight excluding hydrogens is 224 g/mol. The van der Waals surface area contributed by atoms with Crippen LogP contribution in [-0.2, 0) is 0 Å². The van der Waals surface area contributed by atoms with Crippen molar-refractivity contribution in [3.8, 4) is 0 Å². The summed E-state index contributed by atoms with van der Waals surface area (Å²) in [5.74, 6) is 0.978. The van der Waals surface area contributed by atoms with E-state index in [4.69, 9.17) is 11.1 Å². The lowest BCUT2D eigenvalue weighted by Crippen LogP contribution is -2.38. The molecule has 0 atom stereocenters. The van der Waals surface area contributed by atoms with Crippen LogP contribution in [0.15, 0.2) is 18.3 Å². The minimum atomic E-state index is 0.104. The summed E-state index contributed by atoms with van der Waals surface area (Å²) in [6.45, 7) is 3.06. The van der Waals surface area contributed by atoms with Crippen LogP contribution in [0.5, 0.6) is 0 Å². The van der Waals surface area contributed by atoms with Crippen LogP contribution in [0.2, 0.25) is 0 Å². The number of nitrogens with zero attached hydrogens (tertiary/aromatic N) is 2. The van der Waals surface area contributed by atoms with Crippen molar-refractivity contribution in [3.63, 3.8) is 0 Å². The molecule has 98 valence electrons. The van der Waals surface area contributed by atoms with Crippen molar-refractivity contribution in [2.24, 2.45) is 5.73 Å². The first-order chi connectivity index (χ1) is 8.74. The Bertz CT molecular complexity index is 410. The van der Waals surface area contributed by atoms with Crippen LogP contribution in [-0.4, -0.2) is 23.4 Å². The van der Waals surface area contributed by atoms with Gasteiger partial charge in [-0.15, -0.1) is 0 Å². The summed E-state index contributed by atoms with van der Waals surface area (Å²) in [5, 5.41) is 7.67. The van der Waals surface area contributed by atoms with Crippen molar-refractivity contribution < 1.29 is 0 Å². The van der Waals surface area contributed by atoms with Gasteiger partial charge in [-0.1, -0.05) is 19.3 Å². The van der Waals surface area contributed by atoms with E-state index in [0.717, 1.165) is 17.9 Å². The van der Waals surface area contributed by atoms with Crippen LogP contribution in [0.1, 0.15) is 44.6 Å². The van der Waals surface area contributed by atoms with E-state index in [1.807, 2.05) is 12.1 Å². The van der Waals surface area contributed by atoms with Gasteiger partial charge < -0.3 is 10.6 Å². The Morgan fingerprint density at radius 2 is 2.17 bits per heavy atom. The molecule has 1 heterocycles. The van der Waals surface area contributed by atoms with Crippen molar-refractivity contribution in [1.29, 1.82) is 5.41 Å². The maximum atomic E-state index is 7.67. The molecule has 1 aromatic heterocycles. The van der Waals surface area contributed by atoms with Crippen molar-refractivity contribution in [1.82, 2.24) is 4.98 Å². The maximum Gasteiger partial charge on any atom is 0.139 e. The molecule has 0 unspecified atom stereocenters. The van der Waals surface area contributed by atoms with Gasteiger partial charge in [0.25, 0.3) is 0 Å². The molecule has 1 aliphatic carbocycles. The molecule has 0 spiro atoms. The zero-order valence-electron chi connectivity index (χ0n) is 11.0. The van der Waals surface area contributed by atoms with Crippen molar-refractivity contribution in [3.05, 3.63) is 23.9 Å². The fourth-order valence-corrected chi connectivity index (χ4v) is 2.81. The molecule has 18 heavy (non-hydrogen) atoms. The summed E-state index contributed by atoms with van der Waals surface area (Å²) in [6.07, 6.45) is 8.17. The fourth-order valence-electron chi connectivity index (χ4n) is 2.81. The minimum Gasteiger partial charge on any atom is -0.384 e. The third kappa shape index (κ3) is 2.63. The Hall–Kier alpha value is -1.58. The Kier molecular flexibility index (Phi) is 4.18. The van der Waals surface area contributed by atoms with Crippen molar-refractivity contribution in [2.75, 3.05) is 11.4 Å². The predicted octanol–water partition coefficient (Wildman–Crippen LogP) is 2.52. The highest BCUT2D eigenvalue weighted by molar-refractivity contribution is 5.99. The van der Waals surface area contributed by atoms with Crippen molar-refractivity contribution >= 4 is 11.7 Å². The topological polar surface area (TPSA) is 66.0 Å². The number of anilines is 1. The summed E-state index contributed by atoms with van der Waals surface area (Å²) in [7, 11) is 0. The number of nitrogens with one attached hydrogen (secondary N) is 1. The fraction of sp³-hybridized carbons (Fsp3) is 0.571. The standard InChI is InChI=1S/C14H22N4/c1-2-18(11-7-4-3-5-8-11)14-12(13(15)16)9-6-10-17-14/h6,9-11H,2-5,7-8H2,1H3,(H3,15,16). The third-order valence-electron chi connectivity index (χ3n) is 3.71. The number of nitrogen functional groups attached to an aromatic ring is 1. The molecule has 0 aliphatic heterocycles. The first-order valence-electron chi connectivity index (χ1n) is 6.80. The molecular formula is C14H22N4. The van der Waals surface area contributed by atoms with Crippen molar-refractivity contribution in [2.45, 2.75) is 45.1 Å². The first kappa shape index (κ1) is 12.9. The van der Waals surface area contributed by atoms with Gasteiger partial charge in [-0.3, -0.25) is 5.41 Å². The van der Waals surface area contributed by atoms with Gasteiger partial charge in [0.1, 0.15) is 11.7 Å². The lowest BCUT2D eigenvalue weighted by molar-refractivity contribution is 0.416. The molecule has 4 heteroatoms. The molecule has 4 nitrogen and oxygen atoms in total. The molecule has 0 amide bonds. The average molecular weight is 246 g/mol. The van der Waals surface area contributed by atoms with Crippen LogP contribution in [0.3, 0.4) is 0 Å². The summed E-state index contributed by atoms with van der Waals surface area (Å²) in [5.41, 5.74) is 6.41. The number of pyridine rings is 1. The second-order valence-electron chi connectivity index (χ2n) is 4.87. The zero-order chi connectivity index (χ0) is 13.0. The smallest absolute Gasteiger partial charge is 0.139 e. The summed E-state index contributed by atoms with van der Waals surface area (Å²) < 4.78 is 0. The van der Waals surface area contributed by atoms with Gasteiger partial charge in [0.15, 0.2) is 0 Å². The summed E-state index contributed by atoms with van der Waals surface area (Å²) in [6, 6.07) is 4.28. The van der Waals surface area contributed by atoms with Crippen LogP contribution in [0.4, 0.5) is 5.82 Å². The van der Waals surface area contributed by atoms with E-state index in [9.17, 15) is 0 Å². The number of nitrogens with two attached hydrogens (primary N) is 1. The Morgan fingerprint density at radius 1 is 1.44 bits per heavy atom. The van der Waals surface area contributed by atoms with Crippen LogP contribution in [0.25, 0.3) is 0 Å². The van der Waals surface area contributed by atoms with E-state index in [1.165, 1.54) is 32.1 Å². The van der Waals surface area contributed by atoms with Gasteiger partial charge in [-0.05, 0) is 31.9 Å². The molecule has 1 fully saturated rings. The van der Waals surface area contributed by atoms with Gasteiger partial charge in [0.2, 0.25) is 0 Å². The monoisotopic (exact) mass is 246 g/mol. The minimum absolute atomic E-state index is 0.104. The second kappa shape index (κ2) is 5.85. The number of amidine groups is 1. The molecule has 2 rings (SSSR count). The van der Waals surface area contributed by atoms with Gasteiger partial charge in [-0.25, -0.2) is 4.98 Å². The first-order valence-corrected chi connectivity index (χ1v) is 6.80. The van der Waals surface area contributed by atoms with Crippen LogP contribution < -0.4 is 10.6 Å². The van der Waals surface area contributed by atoms with E-state index < -0.39 is 0 Å². The van der Waals surface area contributed by atoms with Crippen LogP contribution in [0, 0.1) is 5.41 Å². The SMILES string of the molecule is CCN(c1ncccc1C(=N)N)C1CCCCC1. The molecule has 1 aliphatic rings. The van der Waals surface area contributed by atoms with Gasteiger partial charge in [0.05, 0.1) is 5.56 Å². The number of aromatic nitrogens is 1. The van der Waals surface area contributed by atoms with E-state index in [0.29, 0.717) is 6.04 Å². The maximum absolute atomic E-state index is 7.67. The normalized spacial score (nSPS) is 16.5. The van der Waals surface area contributed by atoms with E-state index in [1.54, 1.807) is 6.20 Å². The van der Waals surface area contributed by atoms with E-state index in [-0.39, 0.29) is 5.84 Å². The van der Waals surface area contributed by atoms with Crippen LogP contribution >= 0.6 is 0 Å². The highest BCUT2D eigenvalue weighted by Gasteiger charge is 2.23. The summed E-state index contributed by atoms with van der Waals surface area (Å²) in [4.78, 5) is 6.77. The zero-order valence-corrected chi connectivity index (χ0v) is 11.0. The number of rotatable bonds is 4. The Balaban J connectivity index is 2.28. The molecule has 0 bridgehead atoms.